The number of likely N-dealkylation sites (tertiary alicyclic amines) is 1. The number of carbonyl (C=O) groups excluding carboxylic acids is 1. The van der Waals surface area contributed by atoms with Crippen LogP contribution in [0.25, 0.3) is 0 Å². The minimum absolute atomic E-state index is 0.0306. The van der Waals surface area contributed by atoms with Crippen LogP contribution in [0.15, 0.2) is 18.2 Å². The molecule has 0 aliphatic carbocycles. The highest BCUT2D eigenvalue weighted by molar-refractivity contribution is 6.32. The molecule has 142 valence electrons. The molecule has 2 aliphatic heterocycles. The molecule has 0 radical (unpaired) electrons. The van der Waals surface area contributed by atoms with E-state index in [-0.39, 0.29) is 22.7 Å². The third kappa shape index (κ3) is 4.93. The Morgan fingerprint density at radius 3 is 2.92 bits per heavy atom. The first kappa shape index (κ1) is 19.1. The largest absolute Gasteiger partial charge is 0.354 e. The Hall–Kier alpha value is -1.70. The van der Waals surface area contributed by atoms with E-state index in [9.17, 15) is 14.9 Å². The van der Waals surface area contributed by atoms with Crippen molar-refractivity contribution >= 4 is 23.2 Å². The molecule has 2 fully saturated rings. The van der Waals surface area contributed by atoms with Crippen LogP contribution in [0.2, 0.25) is 5.02 Å². The number of carbonyl (C=O) groups is 1. The summed E-state index contributed by atoms with van der Waals surface area (Å²) in [7, 11) is 0. The molecule has 2 heterocycles. The Labute approximate surface area is 158 Å². The molecule has 2 atom stereocenters. The fourth-order valence-corrected chi connectivity index (χ4v) is 4.07. The minimum Gasteiger partial charge on any atom is -0.354 e. The number of amides is 1. The monoisotopic (exact) mass is 380 g/mol. The maximum Gasteiger partial charge on any atom is 0.287 e. The summed E-state index contributed by atoms with van der Waals surface area (Å²) in [4.78, 5) is 24.8. The lowest BCUT2D eigenvalue weighted by molar-refractivity contribution is -0.384. The van der Waals surface area contributed by atoms with E-state index >= 15 is 0 Å². The zero-order valence-corrected chi connectivity index (χ0v) is 15.5. The van der Waals surface area contributed by atoms with Gasteiger partial charge in [0.25, 0.3) is 5.69 Å². The molecule has 3 rings (SSSR count). The van der Waals surface area contributed by atoms with Crippen molar-refractivity contribution in [3.8, 4) is 0 Å². The number of piperidine rings is 1. The summed E-state index contributed by atoms with van der Waals surface area (Å²) in [6.45, 7) is 4.24. The lowest BCUT2D eigenvalue weighted by Crippen LogP contribution is -2.45. The smallest absolute Gasteiger partial charge is 0.287 e. The number of nitrogens with one attached hydrogen (secondary N) is 2. The van der Waals surface area contributed by atoms with Gasteiger partial charge in [-0.2, -0.15) is 0 Å². The van der Waals surface area contributed by atoms with Gasteiger partial charge in [-0.25, -0.2) is 0 Å². The van der Waals surface area contributed by atoms with Crippen molar-refractivity contribution < 1.29 is 9.72 Å². The van der Waals surface area contributed by atoms with Gasteiger partial charge in [-0.3, -0.25) is 19.8 Å². The molecule has 26 heavy (non-hydrogen) atoms. The van der Waals surface area contributed by atoms with Gasteiger partial charge in [-0.05, 0) is 56.3 Å². The summed E-state index contributed by atoms with van der Waals surface area (Å²) in [5.41, 5.74) is 0.913. The van der Waals surface area contributed by atoms with Gasteiger partial charge >= 0.3 is 0 Å². The zero-order chi connectivity index (χ0) is 18.5. The van der Waals surface area contributed by atoms with Crippen LogP contribution >= 0.6 is 11.6 Å². The molecule has 1 aromatic rings. The Morgan fingerprint density at radius 2 is 2.23 bits per heavy atom. The van der Waals surface area contributed by atoms with Crippen molar-refractivity contribution in [2.75, 3.05) is 26.2 Å². The first-order valence-electron chi connectivity index (χ1n) is 9.19. The molecule has 2 unspecified atom stereocenters. The Balaban J connectivity index is 1.49. The fourth-order valence-electron chi connectivity index (χ4n) is 3.79. The van der Waals surface area contributed by atoms with E-state index in [1.807, 2.05) is 0 Å². The SMILES string of the molecule is O=C(NCC1CCCN(Cc2ccc([N+](=O)[O-])c(Cl)c2)C1)C1CCCN1. The van der Waals surface area contributed by atoms with Crippen molar-refractivity contribution in [3.63, 3.8) is 0 Å². The fraction of sp³-hybridized carbons (Fsp3) is 0.611. The predicted octanol–water partition coefficient (Wildman–Crippen LogP) is 2.33. The Bertz CT molecular complexity index is 664. The molecule has 0 saturated carbocycles. The van der Waals surface area contributed by atoms with Crippen molar-refractivity contribution in [2.24, 2.45) is 5.92 Å². The molecule has 0 bridgehead atoms. The van der Waals surface area contributed by atoms with Gasteiger partial charge < -0.3 is 10.6 Å². The quantitative estimate of drug-likeness (QED) is 0.584. The number of hydrogen-bond donors (Lipinski definition) is 2. The van der Waals surface area contributed by atoms with Crippen LogP contribution in [0.3, 0.4) is 0 Å². The van der Waals surface area contributed by atoms with Gasteiger partial charge in [0.05, 0.1) is 11.0 Å². The molecule has 7 nitrogen and oxygen atoms in total. The molecular weight excluding hydrogens is 356 g/mol. The summed E-state index contributed by atoms with van der Waals surface area (Å²) in [5.74, 6) is 0.546. The van der Waals surface area contributed by atoms with E-state index < -0.39 is 4.92 Å². The number of rotatable bonds is 6. The highest BCUT2D eigenvalue weighted by Crippen LogP contribution is 2.26. The molecule has 8 heteroatoms. The van der Waals surface area contributed by atoms with E-state index in [0.717, 1.165) is 50.9 Å². The predicted molar refractivity (Wildman–Crippen MR) is 100 cm³/mol. The number of halogens is 1. The minimum atomic E-state index is -0.467. The van der Waals surface area contributed by atoms with Gasteiger partial charge in [-0.15, -0.1) is 0 Å². The van der Waals surface area contributed by atoms with Crippen LogP contribution in [-0.2, 0) is 11.3 Å². The Morgan fingerprint density at radius 1 is 1.38 bits per heavy atom. The summed E-state index contributed by atoms with van der Waals surface area (Å²) >= 11 is 6.00. The normalized spacial score (nSPS) is 23.7. The number of benzene rings is 1. The van der Waals surface area contributed by atoms with Crippen molar-refractivity contribution in [1.82, 2.24) is 15.5 Å². The number of nitrogens with zero attached hydrogens (tertiary/aromatic N) is 2. The average molecular weight is 381 g/mol. The maximum absolute atomic E-state index is 12.1. The summed E-state index contributed by atoms with van der Waals surface area (Å²) in [5, 5.41) is 17.3. The summed E-state index contributed by atoms with van der Waals surface area (Å²) in [6, 6.07) is 4.88. The second-order valence-electron chi connectivity index (χ2n) is 7.18. The highest BCUT2D eigenvalue weighted by atomic mass is 35.5. The van der Waals surface area contributed by atoms with Gasteiger partial charge in [0.15, 0.2) is 0 Å². The van der Waals surface area contributed by atoms with E-state index in [4.69, 9.17) is 11.6 Å². The van der Waals surface area contributed by atoms with Crippen LogP contribution in [0, 0.1) is 16.0 Å². The summed E-state index contributed by atoms with van der Waals surface area (Å²) in [6.07, 6.45) is 4.18. The van der Waals surface area contributed by atoms with Crippen molar-refractivity contribution in [2.45, 2.75) is 38.3 Å². The first-order chi connectivity index (χ1) is 12.5. The lowest BCUT2D eigenvalue weighted by atomic mass is 9.97. The van der Waals surface area contributed by atoms with E-state index in [1.165, 1.54) is 6.07 Å². The molecule has 1 amide bonds. The van der Waals surface area contributed by atoms with Crippen LogP contribution in [0.1, 0.15) is 31.2 Å². The standard InChI is InChI=1S/C18H25ClN4O3/c19-15-9-13(5-6-17(15)23(25)26)11-22-8-2-3-14(12-22)10-21-18(24)16-4-1-7-20-16/h5-6,9,14,16,20H,1-4,7-8,10-12H2,(H,21,24). The molecule has 2 saturated heterocycles. The van der Waals surface area contributed by atoms with E-state index in [2.05, 4.69) is 15.5 Å². The third-order valence-corrected chi connectivity index (χ3v) is 5.46. The zero-order valence-electron chi connectivity index (χ0n) is 14.7. The number of hydrogen-bond acceptors (Lipinski definition) is 5. The second kappa shape index (κ2) is 8.79. The molecule has 1 aromatic carbocycles. The number of nitro benzene ring substituents is 1. The second-order valence-corrected chi connectivity index (χ2v) is 7.59. The topological polar surface area (TPSA) is 87.5 Å². The first-order valence-corrected chi connectivity index (χ1v) is 9.57. The Kier molecular flexibility index (Phi) is 6.45. The lowest BCUT2D eigenvalue weighted by Gasteiger charge is -2.33. The van der Waals surface area contributed by atoms with Gasteiger partial charge in [0, 0.05) is 25.7 Å². The van der Waals surface area contributed by atoms with Crippen LogP contribution < -0.4 is 10.6 Å². The van der Waals surface area contributed by atoms with Gasteiger partial charge in [0.1, 0.15) is 5.02 Å². The van der Waals surface area contributed by atoms with Gasteiger partial charge in [-0.1, -0.05) is 17.7 Å². The van der Waals surface area contributed by atoms with Gasteiger partial charge in [0.2, 0.25) is 5.91 Å². The molecule has 2 aliphatic rings. The molecular formula is C18H25ClN4O3. The summed E-state index contributed by atoms with van der Waals surface area (Å²) < 4.78 is 0. The maximum atomic E-state index is 12.1. The molecule has 2 N–H and O–H groups in total. The van der Waals surface area contributed by atoms with Crippen LogP contribution in [0.5, 0.6) is 0 Å². The average Bonchev–Trinajstić information content (AvgIpc) is 3.14. The highest BCUT2D eigenvalue weighted by Gasteiger charge is 2.25. The van der Waals surface area contributed by atoms with Crippen LogP contribution in [0.4, 0.5) is 5.69 Å². The molecule has 0 aromatic heterocycles. The third-order valence-electron chi connectivity index (χ3n) is 5.16. The van der Waals surface area contributed by atoms with Crippen molar-refractivity contribution in [1.29, 1.82) is 0 Å². The van der Waals surface area contributed by atoms with Crippen LogP contribution in [-0.4, -0.2) is 48.0 Å². The van der Waals surface area contributed by atoms with E-state index in [1.54, 1.807) is 12.1 Å². The number of nitro groups is 1. The molecule has 0 spiro atoms. The van der Waals surface area contributed by atoms with E-state index in [0.29, 0.717) is 19.0 Å². The van der Waals surface area contributed by atoms with Crippen molar-refractivity contribution in [3.05, 3.63) is 38.9 Å².